The first kappa shape index (κ1) is 18.5. The average Bonchev–Trinajstić information content (AvgIpc) is 2.52. The summed E-state index contributed by atoms with van der Waals surface area (Å²) >= 11 is 0. The minimum Gasteiger partial charge on any atom is -0.381 e. The van der Waals surface area contributed by atoms with Crippen LogP contribution >= 0.6 is 0 Å². The first-order valence-corrected chi connectivity index (χ1v) is 7.50. The number of ether oxygens (including phenoxy) is 1. The fourth-order valence-electron chi connectivity index (χ4n) is 2.80. The highest BCUT2D eigenvalue weighted by Gasteiger charge is 2.36. The average molecular weight is 347 g/mol. The lowest BCUT2D eigenvalue weighted by molar-refractivity contribution is -0.384. The molecule has 1 fully saturated rings. The fourth-order valence-corrected chi connectivity index (χ4v) is 2.80. The van der Waals surface area contributed by atoms with Crippen molar-refractivity contribution in [3.8, 4) is 0 Å². The Labute approximate surface area is 137 Å². The molecule has 0 atom stereocenters. The van der Waals surface area contributed by atoms with Gasteiger partial charge in [-0.05, 0) is 39.1 Å². The van der Waals surface area contributed by atoms with E-state index in [1.165, 1.54) is 0 Å². The molecule has 1 aromatic rings. The van der Waals surface area contributed by atoms with E-state index in [2.05, 4.69) is 5.32 Å². The zero-order valence-electron chi connectivity index (χ0n) is 13.5. The van der Waals surface area contributed by atoms with E-state index in [4.69, 9.17) is 4.74 Å². The summed E-state index contributed by atoms with van der Waals surface area (Å²) in [6, 6.07) is 2.53. The van der Waals surface area contributed by atoms with E-state index in [1.807, 2.05) is 19.0 Å². The Morgan fingerprint density at radius 3 is 2.46 bits per heavy atom. The molecule has 1 aliphatic rings. The fraction of sp³-hybridized carbons (Fsp3) is 0.600. The van der Waals surface area contributed by atoms with Gasteiger partial charge in [0.25, 0.3) is 5.69 Å². The van der Waals surface area contributed by atoms with Crippen LogP contribution in [0, 0.1) is 10.1 Å². The van der Waals surface area contributed by atoms with Crippen molar-refractivity contribution in [1.82, 2.24) is 4.90 Å². The minimum atomic E-state index is -4.62. The molecule has 0 aliphatic carbocycles. The van der Waals surface area contributed by atoms with E-state index in [1.54, 1.807) is 0 Å². The lowest BCUT2D eigenvalue weighted by atomic mass is 9.88. The molecule has 1 heterocycles. The number of benzene rings is 1. The quantitative estimate of drug-likeness (QED) is 0.655. The number of nitrogens with zero attached hydrogens (tertiary/aromatic N) is 2. The van der Waals surface area contributed by atoms with E-state index in [9.17, 15) is 23.3 Å². The number of alkyl halides is 3. The molecule has 0 amide bonds. The van der Waals surface area contributed by atoms with E-state index >= 15 is 0 Å². The summed E-state index contributed by atoms with van der Waals surface area (Å²) in [5, 5.41) is 14.1. The van der Waals surface area contributed by atoms with E-state index in [0.29, 0.717) is 25.8 Å². The number of hydrogen-bond acceptors (Lipinski definition) is 5. The standard InChI is InChI=1S/C15H20F3N3O3/c1-20(2)14(5-7-24-8-6-14)10-19-12-4-3-11(15(16,17)18)9-13(12)21(22)23/h3-4,9,19H,5-8,10H2,1-2H3. The largest absolute Gasteiger partial charge is 0.416 e. The summed E-state index contributed by atoms with van der Waals surface area (Å²) < 4.78 is 43.6. The molecule has 0 unspecified atom stereocenters. The number of likely N-dealkylation sites (N-methyl/N-ethyl adjacent to an activating group) is 1. The molecule has 24 heavy (non-hydrogen) atoms. The van der Waals surface area contributed by atoms with E-state index < -0.39 is 22.4 Å². The van der Waals surface area contributed by atoms with Crippen LogP contribution in [-0.2, 0) is 10.9 Å². The van der Waals surface area contributed by atoms with Crippen LogP contribution in [0.3, 0.4) is 0 Å². The first-order valence-electron chi connectivity index (χ1n) is 7.50. The highest BCUT2D eigenvalue weighted by molar-refractivity contribution is 5.63. The van der Waals surface area contributed by atoms with Crippen LogP contribution in [0.1, 0.15) is 18.4 Å². The second-order valence-electron chi connectivity index (χ2n) is 6.07. The Kier molecular flexibility index (Phi) is 5.34. The molecule has 0 aromatic heterocycles. The van der Waals surface area contributed by atoms with Crippen LogP contribution in [0.4, 0.5) is 24.5 Å². The number of nitro benzene ring substituents is 1. The summed E-state index contributed by atoms with van der Waals surface area (Å²) in [7, 11) is 3.82. The second-order valence-corrected chi connectivity index (χ2v) is 6.07. The van der Waals surface area contributed by atoms with Gasteiger partial charge in [0, 0.05) is 31.4 Å². The maximum atomic E-state index is 12.7. The van der Waals surface area contributed by atoms with Gasteiger partial charge in [0.1, 0.15) is 5.69 Å². The number of rotatable bonds is 5. The normalized spacial score (nSPS) is 17.8. The third kappa shape index (κ3) is 3.96. The molecule has 1 aliphatic heterocycles. The molecule has 0 spiro atoms. The predicted molar refractivity (Wildman–Crippen MR) is 83.1 cm³/mol. The Bertz CT molecular complexity index is 599. The van der Waals surface area contributed by atoms with Gasteiger partial charge in [0.15, 0.2) is 0 Å². The van der Waals surface area contributed by atoms with Crippen LogP contribution in [0.15, 0.2) is 18.2 Å². The molecule has 9 heteroatoms. The van der Waals surface area contributed by atoms with Crippen LogP contribution in [0.25, 0.3) is 0 Å². The van der Waals surface area contributed by atoms with Crippen molar-refractivity contribution in [3.63, 3.8) is 0 Å². The van der Waals surface area contributed by atoms with Crippen LogP contribution in [0.2, 0.25) is 0 Å². The zero-order chi connectivity index (χ0) is 18.0. The molecule has 0 saturated carbocycles. The number of anilines is 1. The van der Waals surface area contributed by atoms with Crippen molar-refractivity contribution in [2.75, 3.05) is 39.2 Å². The Morgan fingerprint density at radius 2 is 1.96 bits per heavy atom. The second kappa shape index (κ2) is 6.94. The summed E-state index contributed by atoms with van der Waals surface area (Å²) in [5.41, 5.74) is -1.78. The maximum Gasteiger partial charge on any atom is 0.416 e. The molecule has 1 saturated heterocycles. The van der Waals surface area contributed by atoms with Crippen molar-refractivity contribution in [1.29, 1.82) is 0 Å². The number of nitrogens with one attached hydrogen (secondary N) is 1. The van der Waals surface area contributed by atoms with Crippen molar-refractivity contribution in [2.45, 2.75) is 24.6 Å². The Balaban J connectivity index is 2.24. The highest BCUT2D eigenvalue weighted by Crippen LogP contribution is 2.35. The lowest BCUT2D eigenvalue weighted by Crippen LogP contribution is -2.53. The number of nitro groups is 1. The lowest BCUT2D eigenvalue weighted by Gasteiger charge is -2.43. The summed E-state index contributed by atoms with van der Waals surface area (Å²) in [5.74, 6) is 0. The summed E-state index contributed by atoms with van der Waals surface area (Å²) in [6.07, 6.45) is -3.14. The predicted octanol–water partition coefficient (Wildman–Crippen LogP) is 3.14. The molecular weight excluding hydrogens is 327 g/mol. The van der Waals surface area contributed by atoms with Gasteiger partial charge in [-0.25, -0.2) is 0 Å². The smallest absolute Gasteiger partial charge is 0.381 e. The highest BCUT2D eigenvalue weighted by atomic mass is 19.4. The zero-order valence-corrected chi connectivity index (χ0v) is 13.5. The monoisotopic (exact) mass is 347 g/mol. The minimum absolute atomic E-state index is 0.0840. The third-order valence-electron chi connectivity index (χ3n) is 4.50. The third-order valence-corrected chi connectivity index (χ3v) is 4.50. The Morgan fingerprint density at radius 1 is 1.33 bits per heavy atom. The van der Waals surface area contributed by atoms with Gasteiger partial charge >= 0.3 is 6.18 Å². The van der Waals surface area contributed by atoms with Crippen LogP contribution in [0.5, 0.6) is 0 Å². The van der Waals surface area contributed by atoms with E-state index in [-0.39, 0.29) is 11.2 Å². The molecule has 134 valence electrons. The van der Waals surface area contributed by atoms with E-state index in [0.717, 1.165) is 25.0 Å². The molecule has 2 rings (SSSR count). The van der Waals surface area contributed by atoms with Crippen LogP contribution < -0.4 is 5.32 Å². The topological polar surface area (TPSA) is 67.6 Å². The van der Waals surface area contributed by atoms with Crippen molar-refractivity contribution < 1.29 is 22.8 Å². The maximum absolute atomic E-state index is 12.7. The molecule has 0 bridgehead atoms. The van der Waals surface area contributed by atoms with Crippen molar-refractivity contribution in [2.24, 2.45) is 0 Å². The molecule has 0 radical (unpaired) electrons. The molecular formula is C15H20F3N3O3. The molecule has 1 N–H and O–H groups in total. The summed E-state index contributed by atoms with van der Waals surface area (Å²) in [4.78, 5) is 12.4. The summed E-state index contributed by atoms with van der Waals surface area (Å²) in [6.45, 7) is 1.54. The van der Waals surface area contributed by atoms with Gasteiger partial charge in [-0.1, -0.05) is 0 Å². The SMILES string of the molecule is CN(C)C1(CNc2ccc(C(F)(F)F)cc2[N+](=O)[O-])CCOCC1. The molecule has 6 nitrogen and oxygen atoms in total. The Hall–Kier alpha value is -1.87. The number of halogens is 3. The van der Waals surface area contributed by atoms with Gasteiger partial charge in [0.2, 0.25) is 0 Å². The van der Waals surface area contributed by atoms with Gasteiger partial charge in [-0.15, -0.1) is 0 Å². The van der Waals surface area contributed by atoms with Gasteiger partial charge < -0.3 is 15.0 Å². The van der Waals surface area contributed by atoms with Gasteiger partial charge in [-0.3, -0.25) is 10.1 Å². The van der Waals surface area contributed by atoms with Crippen molar-refractivity contribution in [3.05, 3.63) is 33.9 Å². The first-order chi connectivity index (χ1) is 11.2. The number of hydrogen-bond donors (Lipinski definition) is 1. The van der Waals surface area contributed by atoms with Crippen molar-refractivity contribution >= 4 is 11.4 Å². The van der Waals surface area contributed by atoms with Gasteiger partial charge in [0.05, 0.1) is 10.5 Å². The molecule has 1 aromatic carbocycles. The van der Waals surface area contributed by atoms with Crippen LogP contribution in [-0.4, -0.2) is 49.2 Å². The van der Waals surface area contributed by atoms with Gasteiger partial charge in [-0.2, -0.15) is 13.2 Å².